The zero-order valence-corrected chi connectivity index (χ0v) is 25.6. The van der Waals surface area contributed by atoms with Gasteiger partial charge in [-0.3, -0.25) is 18.2 Å². The van der Waals surface area contributed by atoms with Crippen LogP contribution in [0.4, 0.5) is 13.2 Å². The molecule has 4 heterocycles. The van der Waals surface area contributed by atoms with Crippen LogP contribution in [0.2, 0.25) is 0 Å². The molecule has 0 bridgehead atoms. The zero-order valence-electron chi connectivity index (χ0n) is 23.3. The molecule has 7 aromatic rings. The molecule has 0 aliphatic rings. The number of para-hydroxylation sites is 2. The van der Waals surface area contributed by atoms with Crippen molar-refractivity contribution in [3.8, 4) is 28.3 Å². The van der Waals surface area contributed by atoms with Gasteiger partial charge in [0.05, 0.1) is 5.82 Å². The number of pyridine rings is 3. The van der Waals surface area contributed by atoms with Crippen LogP contribution in [0.15, 0.2) is 122 Å². The van der Waals surface area contributed by atoms with E-state index < -0.39 is 11.6 Å². The van der Waals surface area contributed by atoms with Crippen LogP contribution >= 0.6 is 0 Å². The van der Waals surface area contributed by atoms with Crippen LogP contribution < -0.4 is 0 Å². The third-order valence-corrected chi connectivity index (χ3v) is 6.01. The quantitative estimate of drug-likeness (QED) is 0.171. The summed E-state index contributed by atoms with van der Waals surface area (Å²) in [4.78, 5) is 16.5. The zero-order chi connectivity index (χ0) is 30.0. The van der Waals surface area contributed by atoms with Crippen LogP contribution in [0.1, 0.15) is 5.56 Å². The fraction of sp³-hybridized carbons (Fsp3) is 0.0286. The van der Waals surface area contributed by atoms with Gasteiger partial charge in [-0.05, 0) is 35.1 Å². The first-order valence-electron chi connectivity index (χ1n) is 13.1. The van der Waals surface area contributed by atoms with E-state index in [9.17, 15) is 13.2 Å². The van der Waals surface area contributed by atoms with E-state index in [1.165, 1.54) is 6.07 Å². The van der Waals surface area contributed by atoms with E-state index >= 15 is 0 Å². The number of hydrogen-bond acceptors (Lipinski definition) is 4. The van der Waals surface area contributed by atoms with E-state index in [1.54, 1.807) is 55.0 Å². The van der Waals surface area contributed by atoms with Gasteiger partial charge in [0.15, 0.2) is 0 Å². The Morgan fingerprint density at radius 1 is 0.636 bits per heavy atom. The van der Waals surface area contributed by atoms with Crippen molar-refractivity contribution < 1.29 is 33.3 Å². The van der Waals surface area contributed by atoms with Gasteiger partial charge in [0.1, 0.15) is 0 Å². The Hall–Kier alpha value is -4.98. The Balaban J connectivity index is 0.000000149. The van der Waals surface area contributed by atoms with Crippen molar-refractivity contribution in [2.45, 2.75) is 6.92 Å². The van der Waals surface area contributed by atoms with Crippen LogP contribution in [-0.4, -0.2) is 24.5 Å². The van der Waals surface area contributed by atoms with Crippen molar-refractivity contribution in [1.82, 2.24) is 24.5 Å². The molecule has 0 saturated heterocycles. The topological polar surface area (TPSA) is 56.5 Å². The summed E-state index contributed by atoms with van der Waals surface area (Å²) in [7, 11) is 0. The fourth-order valence-electron chi connectivity index (χ4n) is 3.99. The monoisotopic (exact) mass is 763 g/mol. The second-order valence-corrected chi connectivity index (χ2v) is 9.09. The molecule has 0 saturated carbocycles. The molecule has 0 radical (unpaired) electrons. The van der Waals surface area contributed by atoms with Crippen molar-refractivity contribution in [2.75, 3.05) is 0 Å². The van der Waals surface area contributed by atoms with E-state index in [1.807, 2.05) is 60.0 Å². The Bertz CT molecular complexity index is 1830. The number of aryl methyl sites for hydroxylation is 1. The second kappa shape index (κ2) is 15.5. The van der Waals surface area contributed by atoms with Gasteiger partial charge in [-0.25, -0.2) is 0 Å². The predicted molar refractivity (Wildman–Crippen MR) is 159 cm³/mol. The molecule has 3 aromatic carbocycles. The van der Waals surface area contributed by atoms with E-state index in [2.05, 4.69) is 38.4 Å². The Kier molecular flexibility index (Phi) is 11.2. The summed E-state index contributed by atoms with van der Waals surface area (Å²) in [5.41, 5.74) is 4.50. The van der Waals surface area contributed by atoms with Crippen molar-refractivity contribution in [3.63, 3.8) is 0 Å². The third-order valence-electron chi connectivity index (χ3n) is 6.01. The number of hydrogen-bond donors (Lipinski definition) is 0. The molecule has 0 atom stereocenters. The Morgan fingerprint density at radius 3 is 1.77 bits per heavy atom. The summed E-state index contributed by atoms with van der Waals surface area (Å²) in [6.07, 6.45) is 7.88. The van der Waals surface area contributed by atoms with Gasteiger partial charge in [-0.1, -0.05) is 90.3 Å². The average Bonchev–Trinajstić information content (AvgIpc) is 3.47. The molecule has 7 rings (SSSR count). The van der Waals surface area contributed by atoms with Crippen molar-refractivity contribution in [1.29, 1.82) is 0 Å². The molecule has 4 aromatic heterocycles. The Labute approximate surface area is 266 Å². The molecule has 5 nitrogen and oxygen atoms in total. The van der Waals surface area contributed by atoms with Crippen LogP contribution in [0.3, 0.4) is 0 Å². The molecule has 0 fully saturated rings. The van der Waals surface area contributed by atoms with E-state index in [0.29, 0.717) is 17.0 Å². The van der Waals surface area contributed by atoms with Gasteiger partial charge in [-0.15, -0.1) is 35.9 Å². The van der Waals surface area contributed by atoms with Crippen molar-refractivity contribution in [3.05, 3.63) is 163 Å². The molecule has 9 heteroatoms. The van der Waals surface area contributed by atoms with Crippen LogP contribution in [0.5, 0.6) is 0 Å². The summed E-state index contributed by atoms with van der Waals surface area (Å²) in [6.45, 7) is 1.84. The Morgan fingerprint density at radius 2 is 1.20 bits per heavy atom. The van der Waals surface area contributed by atoms with Gasteiger partial charge in [-0.2, -0.15) is 0 Å². The summed E-state index contributed by atoms with van der Waals surface area (Å²) >= 11 is 0. The first kappa shape index (κ1) is 31.9. The number of aromatic nitrogens is 5. The predicted octanol–water partition coefficient (Wildman–Crippen LogP) is 8.04. The van der Waals surface area contributed by atoms with Gasteiger partial charge in [0, 0.05) is 42.4 Å². The SMILES string of the molecule is Cc1c[c-]c(-c2ccccn2)c(F)c1.Fc1c[c-]c(-c2ccccn2)c(F)c1.[Ir+3].[c-]1nc2ccccc2n1-c1ccccn1. The minimum Gasteiger partial charge on any atom is -0.411 e. The number of benzene rings is 3. The molecular formula is C35H23F3IrN5. The summed E-state index contributed by atoms with van der Waals surface area (Å²) in [6, 6.07) is 34.7. The van der Waals surface area contributed by atoms with Gasteiger partial charge in [0.2, 0.25) is 0 Å². The third kappa shape index (κ3) is 8.10. The normalized spacial score (nSPS) is 10.1. The largest absolute Gasteiger partial charge is 3.00 e. The van der Waals surface area contributed by atoms with Crippen molar-refractivity contribution in [2.24, 2.45) is 0 Å². The molecule has 0 N–H and O–H groups in total. The molecular weight excluding hydrogens is 740 g/mol. The van der Waals surface area contributed by atoms with Gasteiger partial charge in [0.25, 0.3) is 0 Å². The maximum atomic E-state index is 13.5. The van der Waals surface area contributed by atoms with E-state index in [0.717, 1.165) is 34.5 Å². The summed E-state index contributed by atoms with van der Waals surface area (Å²) < 4.78 is 41.1. The number of nitrogens with zero attached hydrogens (tertiary/aromatic N) is 5. The van der Waals surface area contributed by atoms with E-state index in [-0.39, 0.29) is 31.5 Å². The number of halogens is 3. The molecule has 0 spiro atoms. The summed E-state index contributed by atoms with van der Waals surface area (Å²) in [5.74, 6) is -0.721. The number of rotatable bonds is 3. The number of fused-ring (bicyclic) bond motifs is 1. The minimum atomic E-state index is -0.649. The first-order valence-corrected chi connectivity index (χ1v) is 13.1. The maximum absolute atomic E-state index is 13.5. The summed E-state index contributed by atoms with van der Waals surface area (Å²) in [5, 5.41) is 0. The van der Waals surface area contributed by atoms with Crippen LogP contribution in [-0.2, 0) is 20.1 Å². The first-order chi connectivity index (χ1) is 21.0. The maximum Gasteiger partial charge on any atom is 3.00 e. The fourth-order valence-corrected chi connectivity index (χ4v) is 3.99. The molecule has 0 amide bonds. The minimum absolute atomic E-state index is 0. The van der Waals surface area contributed by atoms with Gasteiger partial charge >= 0.3 is 20.1 Å². The number of imidazole rings is 1. The van der Waals surface area contributed by atoms with E-state index in [4.69, 9.17) is 0 Å². The van der Waals surface area contributed by atoms with Gasteiger partial charge < -0.3 is 19.5 Å². The molecule has 44 heavy (non-hydrogen) atoms. The second-order valence-electron chi connectivity index (χ2n) is 9.09. The standard InChI is InChI=1S/C12H9FN.C12H8N3.C11H6F2N.Ir/c1-9-5-6-10(11(13)8-9)12-4-2-3-7-14-12;1-2-6-11-10(5-1)14-9-15(11)12-7-3-4-8-13-12;12-8-4-5-9(10(13)7-8)11-3-1-2-6-14-11;/h2-5,7-8H,1H3;1-8H;1-4,6-7H;/q3*-1;+3. The smallest absolute Gasteiger partial charge is 0.411 e. The molecule has 0 aliphatic carbocycles. The van der Waals surface area contributed by atoms with Crippen LogP contribution in [0, 0.1) is 42.8 Å². The molecule has 218 valence electrons. The molecule has 0 unspecified atom stereocenters. The molecule has 0 aliphatic heterocycles. The average molecular weight is 763 g/mol. The van der Waals surface area contributed by atoms with Crippen molar-refractivity contribution >= 4 is 11.0 Å². The van der Waals surface area contributed by atoms with Crippen LogP contribution in [0.25, 0.3) is 39.4 Å².